The van der Waals surface area contributed by atoms with Crippen molar-refractivity contribution in [1.29, 1.82) is 0 Å². The van der Waals surface area contributed by atoms with Crippen LogP contribution >= 0.6 is 0 Å². The minimum atomic E-state index is -0.519. The first-order valence-electron chi connectivity index (χ1n) is 6.61. The van der Waals surface area contributed by atoms with Crippen molar-refractivity contribution in [1.82, 2.24) is 25.1 Å². The molecule has 0 saturated carbocycles. The Morgan fingerprint density at radius 3 is 2.62 bits per heavy atom. The number of amides is 1. The number of aromatic nitrogens is 4. The molecule has 2 rings (SSSR count). The van der Waals surface area contributed by atoms with E-state index in [9.17, 15) is 4.79 Å². The molecule has 7 heteroatoms. The summed E-state index contributed by atoms with van der Waals surface area (Å²) in [7, 11) is 1.66. The van der Waals surface area contributed by atoms with Crippen LogP contribution in [-0.4, -0.2) is 43.8 Å². The van der Waals surface area contributed by atoms with Gasteiger partial charge < -0.3 is 9.64 Å². The van der Waals surface area contributed by atoms with Crippen molar-refractivity contribution in [2.45, 2.75) is 32.9 Å². The van der Waals surface area contributed by atoms with Gasteiger partial charge in [0.05, 0.1) is 6.54 Å². The summed E-state index contributed by atoms with van der Waals surface area (Å²) < 4.78 is 5.28. The normalized spacial score (nSPS) is 11.2. The highest BCUT2D eigenvalue weighted by Gasteiger charge is 2.20. The van der Waals surface area contributed by atoms with Crippen LogP contribution in [0.1, 0.15) is 26.6 Å². The van der Waals surface area contributed by atoms with E-state index in [-0.39, 0.29) is 0 Å². The fourth-order valence-corrected chi connectivity index (χ4v) is 1.63. The van der Waals surface area contributed by atoms with Crippen molar-refractivity contribution in [2.75, 3.05) is 7.05 Å². The largest absolute Gasteiger partial charge is 0.444 e. The van der Waals surface area contributed by atoms with Crippen molar-refractivity contribution in [2.24, 2.45) is 0 Å². The van der Waals surface area contributed by atoms with Crippen molar-refractivity contribution in [3.05, 3.63) is 30.4 Å². The lowest BCUT2D eigenvalue weighted by molar-refractivity contribution is 0.0281. The van der Waals surface area contributed by atoms with E-state index in [2.05, 4.69) is 20.2 Å². The minimum absolute atomic E-state index is 0.299. The van der Waals surface area contributed by atoms with Gasteiger partial charge in [0.1, 0.15) is 11.4 Å². The monoisotopic (exact) mass is 289 g/mol. The molecular formula is C14H19N5O2. The number of carbonyl (C=O) groups excluding carboxylic acids is 1. The van der Waals surface area contributed by atoms with Crippen molar-refractivity contribution >= 4 is 6.09 Å². The fraction of sp³-hybridized carbons (Fsp3) is 0.429. The maximum atomic E-state index is 11.9. The molecule has 0 aliphatic rings. The number of nitrogens with zero attached hydrogens (tertiary/aromatic N) is 4. The number of carbonyl (C=O) groups is 1. The second-order valence-corrected chi connectivity index (χ2v) is 5.68. The molecule has 0 unspecified atom stereocenters. The van der Waals surface area contributed by atoms with Gasteiger partial charge in [-0.15, -0.1) is 0 Å². The molecule has 2 heterocycles. The van der Waals surface area contributed by atoms with Crippen LogP contribution in [0, 0.1) is 0 Å². The molecule has 0 aromatic carbocycles. The van der Waals surface area contributed by atoms with Gasteiger partial charge in [0, 0.05) is 25.0 Å². The smallest absolute Gasteiger partial charge is 0.410 e. The molecule has 21 heavy (non-hydrogen) atoms. The minimum Gasteiger partial charge on any atom is -0.444 e. The molecule has 0 fully saturated rings. The molecule has 1 amide bonds. The lowest BCUT2D eigenvalue weighted by atomic mass is 10.2. The first-order chi connectivity index (χ1) is 9.85. The van der Waals surface area contributed by atoms with Gasteiger partial charge in [-0.25, -0.2) is 9.78 Å². The number of ether oxygens (including phenoxy) is 1. The SMILES string of the molecule is CN(Cc1nc(-c2ccncc2)n[nH]1)C(=O)OC(C)(C)C. The quantitative estimate of drug-likeness (QED) is 0.936. The van der Waals surface area contributed by atoms with Gasteiger partial charge in [-0.3, -0.25) is 10.1 Å². The molecule has 2 aromatic heterocycles. The average Bonchev–Trinajstić information content (AvgIpc) is 2.86. The first-order valence-corrected chi connectivity index (χ1v) is 6.61. The van der Waals surface area contributed by atoms with Crippen molar-refractivity contribution < 1.29 is 9.53 Å². The summed E-state index contributed by atoms with van der Waals surface area (Å²) in [5.74, 6) is 1.17. The molecule has 0 aliphatic heterocycles. The van der Waals surface area contributed by atoms with E-state index >= 15 is 0 Å². The number of pyridine rings is 1. The summed E-state index contributed by atoms with van der Waals surface area (Å²) in [6.07, 6.45) is 2.96. The summed E-state index contributed by atoms with van der Waals surface area (Å²) in [4.78, 5) is 21.6. The van der Waals surface area contributed by atoms with Crippen LogP contribution in [0.25, 0.3) is 11.4 Å². The summed E-state index contributed by atoms with van der Waals surface area (Å²) in [6, 6.07) is 3.65. The van der Waals surface area contributed by atoms with Gasteiger partial charge in [-0.05, 0) is 32.9 Å². The number of hydrogen-bond donors (Lipinski definition) is 1. The summed E-state index contributed by atoms with van der Waals surface area (Å²) in [6.45, 7) is 5.78. The van der Waals surface area contributed by atoms with Gasteiger partial charge in [0.2, 0.25) is 0 Å². The topological polar surface area (TPSA) is 84.0 Å². The van der Waals surface area contributed by atoms with Crippen LogP contribution in [0.5, 0.6) is 0 Å². The zero-order chi connectivity index (χ0) is 15.5. The Labute approximate surface area is 123 Å². The third kappa shape index (κ3) is 4.27. The zero-order valence-electron chi connectivity index (χ0n) is 12.6. The Morgan fingerprint density at radius 1 is 1.33 bits per heavy atom. The van der Waals surface area contributed by atoms with E-state index in [1.807, 2.05) is 32.9 Å². The third-order valence-electron chi connectivity index (χ3n) is 2.56. The van der Waals surface area contributed by atoms with E-state index in [0.717, 1.165) is 5.56 Å². The number of H-pyrrole nitrogens is 1. The zero-order valence-corrected chi connectivity index (χ0v) is 12.6. The summed E-state index contributed by atoms with van der Waals surface area (Å²) in [5.41, 5.74) is 0.349. The molecule has 0 radical (unpaired) electrons. The molecule has 1 N–H and O–H groups in total. The highest BCUT2D eigenvalue weighted by Crippen LogP contribution is 2.14. The van der Waals surface area contributed by atoms with Gasteiger partial charge >= 0.3 is 6.09 Å². The molecule has 0 bridgehead atoms. The molecule has 0 aliphatic carbocycles. The Hall–Kier alpha value is -2.44. The number of nitrogens with one attached hydrogen (secondary N) is 1. The van der Waals surface area contributed by atoms with Crippen LogP contribution < -0.4 is 0 Å². The number of rotatable bonds is 3. The first kappa shape index (κ1) is 15.0. The van der Waals surface area contributed by atoms with E-state index in [0.29, 0.717) is 18.2 Å². The Morgan fingerprint density at radius 2 is 2.00 bits per heavy atom. The van der Waals surface area contributed by atoms with E-state index in [1.165, 1.54) is 4.90 Å². The van der Waals surface area contributed by atoms with Crippen LogP contribution in [0.4, 0.5) is 4.79 Å². The molecular weight excluding hydrogens is 270 g/mol. The van der Waals surface area contributed by atoms with E-state index in [4.69, 9.17) is 4.74 Å². The van der Waals surface area contributed by atoms with Gasteiger partial charge in [0.25, 0.3) is 0 Å². The summed E-state index contributed by atoms with van der Waals surface area (Å²) in [5, 5.41) is 6.95. The lowest BCUT2D eigenvalue weighted by Gasteiger charge is -2.23. The standard InChI is InChI=1S/C14H19N5O2/c1-14(2,3)21-13(20)19(4)9-11-16-12(18-17-11)10-5-7-15-8-6-10/h5-8H,9H2,1-4H3,(H,16,17,18). The second-order valence-electron chi connectivity index (χ2n) is 5.68. The van der Waals surface area contributed by atoms with Crippen LogP contribution in [0.3, 0.4) is 0 Å². The molecule has 0 atom stereocenters. The number of hydrogen-bond acceptors (Lipinski definition) is 5. The molecule has 2 aromatic rings. The van der Waals surface area contributed by atoms with E-state index < -0.39 is 11.7 Å². The predicted molar refractivity (Wildman–Crippen MR) is 77.3 cm³/mol. The van der Waals surface area contributed by atoms with Gasteiger partial charge in [-0.1, -0.05) is 0 Å². The Balaban J connectivity index is 2.01. The van der Waals surface area contributed by atoms with Crippen LogP contribution in [0.2, 0.25) is 0 Å². The van der Waals surface area contributed by atoms with E-state index in [1.54, 1.807) is 19.4 Å². The number of aromatic amines is 1. The van der Waals surface area contributed by atoms with Crippen molar-refractivity contribution in [3.63, 3.8) is 0 Å². The van der Waals surface area contributed by atoms with Crippen LogP contribution in [-0.2, 0) is 11.3 Å². The Kier molecular flexibility index (Phi) is 4.21. The molecule has 7 nitrogen and oxygen atoms in total. The molecule has 0 saturated heterocycles. The predicted octanol–water partition coefficient (Wildman–Crippen LogP) is 2.23. The molecule has 0 spiro atoms. The van der Waals surface area contributed by atoms with Gasteiger partial charge in [-0.2, -0.15) is 5.10 Å². The van der Waals surface area contributed by atoms with Gasteiger partial charge in [0.15, 0.2) is 5.82 Å². The third-order valence-corrected chi connectivity index (χ3v) is 2.56. The fourth-order valence-electron chi connectivity index (χ4n) is 1.63. The highest BCUT2D eigenvalue weighted by molar-refractivity contribution is 5.67. The van der Waals surface area contributed by atoms with Crippen LogP contribution in [0.15, 0.2) is 24.5 Å². The maximum Gasteiger partial charge on any atom is 0.410 e. The average molecular weight is 289 g/mol. The second kappa shape index (κ2) is 5.90. The Bertz CT molecular complexity index is 603. The van der Waals surface area contributed by atoms with Crippen molar-refractivity contribution in [3.8, 4) is 11.4 Å². The lowest BCUT2D eigenvalue weighted by Crippen LogP contribution is -2.34. The maximum absolute atomic E-state index is 11.9. The highest BCUT2D eigenvalue weighted by atomic mass is 16.6. The summed E-state index contributed by atoms with van der Waals surface area (Å²) >= 11 is 0. The molecule has 112 valence electrons.